The molecule has 0 bridgehead atoms. The zero-order valence-corrected chi connectivity index (χ0v) is 22.2. The van der Waals surface area contributed by atoms with Crippen LogP contribution < -0.4 is 14.4 Å². The van der Waals surface area contributed by atoms with Crippen molar-refractivity contribution in [3.8, 4) is 11.5 Å². The summed E-state index contributed by atoms with van der Waals surface area (Å²) in [5, 5.41) is 9.46. The van der Waals surface area contributed by atoms with Crippen LogP contribution in [0.3, 0.4) is 0 Å². The van der Waals surface area contributed by atoms with Crippen molar-refractivity contribution in [2.24, 2.45) is 4.99 Å². The number of aliphatic carboxylic acids is 1. The number of carboxylic acids is 1. The van der Waals surface area contributed by atoms with E-state index in [4.69, 9.17) is 19.6 Å². The monoisotopic (exact) mass is 516 g/mol. The van der Waals surface area contributed by atoms with E-state index in [1.807, 2.05) is 52.0 Å². The fourth-order valence-electron chi connectivity index (χ4n) is 4.17. The summed E-state index contributed by atoms with van der Waals surface area (Å²) in [7, 11) is 1.48. The number of rotatable bonds is 7. The second kappa shape index (κ2) is 10.9. The molecule has 0 atom stereocenters. The molecule has 1 aliphatic heterocycles. The Labute approximate surface area is 220 Å². The van der Waals surface area contributed by atoms with E-state index in [0.717, 1.165) is 33.6 Å². The van der Waals surface area contributed by atoms with Gasteiger partial charge in [-0.1, -0.05) is 18.2 Å². The van der Waals surface area contributed by atoms with Crippen LogP contribution in [-0.2, 0) is 9.59 Å². The lowest BCUT2D eigenvalue weighted by Crippen LogP contribution is -2.28. The molecule has 1 N–H and O–H groups in total. The lowest BCUT2D eigenvalue weighted by atomic mass is 10.1. The van der Waals surface area contributed by atoms with E-state index >= 15 is 0 Å². The molecule has 3 aromatic carbocycles. The van der Waals surface area contributed by atoms with Crippen molar-refractivity contribution >= 4 is 46.3 Å². The van der Waals surface area contributed by atoms with Crippen molar-refractivity contribution in [1.82, 2.24) is 0 Å². The minimum absolute atomic E-state index is 0.178. The first kappa shape index (κ1) is 26.0. The highest BCUT2D eigenvalue weighted by molar-refractivity contribution is 8.19. The standard InChI is InChI=1S/C29H28N2O5S/c1-17-8-18(2)11-22(10-17)30-29-31(23-12-19(3)9-20(4)13-23)28(34)26(37-29)15-21-6-7-24(25(14-21)35-5)36-16-27(32)33/h6-15H,16H2,1-5H3,(H,32,33)/b26-15-,30-29?. The van der Waals surface area contributed by atoms with Crippen LogP contribution >= 0.6 is 11.8 Å². The second-order valence-electron chi connectivity index (χ2n) is 8.93. The first-order valence-electron chi connectivity index (χ1n) is 11.6. The average molecular weight is 517 g/mol. The van der Waals surface area contributed by atoms with Gasteiger partial charge in [-0.25, -0.2) is 9.79 Å². The zero-order chi connectivity index (χ0) is 26.7. The Kier molecular flexibility index (Phi) is 7.69. The number of thioether (sulfide) groups is 1. The van der Waals surface area contributed by atoms with Crippen molar-refractivity contribution < 1.29 is 24.2 Å². The molecule has 1 aliphatic rings. The largest absolute Gasteiger partial charge is 0.493 e. The Morgan fingerprint density at radius 3 is 2.16 bits per heavy atom. The Morgan fingerprint density at radius 2 is 1.57 bits per heavy atom. The summed E-state index contributed by atoms with van der Waals surface area (Å²) in [6, 6.07) is 17.2. The van der Waals surface area contributed by atoms with Crippen LogP contribution in [0.15, 0.2) is 64.5 Å². The molecule has 0 aromatic heterocycles. The zero-order valence-electron chi connectivity index (χ0n) is 21.4. The summed E-state index contributed by atoms with van der Waals surface area (Å²) in [5.41, 5.74) is 6.56. The van der Waals surface area contributed by atoms with Gasteiger partial charge in [0.25, 0.3) is 5.91 Å². The maximum absolute atomic E-state index is 13.7. The predicted molar refractivity (Wildman–Crippen MR) is 148 cm³/mol. The minimum atomic E-state index is -1.08. The molecule has 1 amide bonds. The van der Waals surface area contributed by atoms with Crippen molar-refractivity contribution in [3.63, 3.8) is 0 Å². The van der Waals surface area contributed by atoms with Gasteiger partial charge in [0.1, 0.15) is 0 Å². The molecule has 0 spiro atoms. The van der Waals surface area contributed by atoms with Crippen LogP contribution in [0.4, 0.5) is 11.4 Å². The fraction of sp³-hybridized carbons (Fsp3) is 0.207. The Morgan fingerprint density at radius 1 is 0.946 bits per heavy atom. The number of carboxylic acid groups (broad SMARTS) is 1. The third-order valence-electron chi connectivity index (χ3n) is 5.54. The Balaban J connectivity index is 1.76. The summed E-state index contributed by atoms with van der Waals surface area (Å²) < 4.78 is 10.7. The number of amides is 1. The van der Waals surface area contributed by atoms with Gasteiger partial charge >= 0.3 is 5.97 Å². The van der Waals surface area contributed by atoms with Crippen LogP contribution in [0.5, 0.6) is 11.5 Å². The van der Waals surface area contributed by atoms with Crippen LogP contribution in [0.1, 0.15) is 27.8 Å². The molecular weight excluding hydrogens is 488 g/mol. The molecule has 3 aromatic rings. The van der Waals surface area contributed by atoms with Crippen LogP contribution in [0.2, 0.25) is 0 Å². The summed E-state index contributed by atoms with van der Waals surface area (Å²) in [5.74, 6) is -0.570. The average Bonchev–Trinajstić information content (AvgIpc) is 3.10. The molecule has 1 heterocycles. The van der Waals surface area contributed by atoms with Crippen LogP contribution in [-0.4, -0.2) is 35.9 Å². The van der Waals surface area contributed by atoms with E-state index in [-0.39, 0.29) is 5.91 Å². The molecule has 4 rings (SSSR count). The van der Waals surface area contributed by atoms with Gasteiger partial charge < -0.3 is 14.6 Å². The van der Waals surface area contributed by atoms with Gasteiger partial charge in [0, 0.05) is 0 Å². The molecule has 1 fully saturated rings. The first-order chi connectivity index (χ1) is 17.6. The number of ether oxygens (including phenoxy) is 2. The molecule has 0 radical (unpaired) electrons. The van der Waals surface area contributed by atoms with Gasteiger partial charge in [-0.2, -0.15) is 0 Å². The first-order valence-corrected chi connectivity index (χ1v) is 12.5. The quantitative estimate of drug-likeness (QED) is 0.376. The highest BCUT2D eigenvalue weighted by Gasteiger charge is 2.35. The summed E-state index contributed by atoms with van der Waals surface area (Å²) in [4.78, 5) is 31.6. The van der Waals surface area contributed by atoms with E-state index in [9.17, 15) is 9.59 Å². The number of methoxy groups -OCH3 is 1. The molecule has 1 saturated heterocycles. The molecule has 8 heteroatoms. The van der Waals surface area contributed by atoms with E-state index < -0.39 is 12.6 Å². The number of nitrogens with zero attached hydrogens (tertiary/aromatic N) is 2. The number of anilines is 1. The number of carbonyl (C=O) groups is 2. The Bertz CT molecular complexity index is 1400. The maximum atomic E-state index is 13.7. The van der Waals surface area contributed by atoms with Gasteiger partial charge in [0.2, 0.25) is 0 Å². The van der Waals surface area contributed by atoms with Crippen molar-refractivity contribution in [2.75, 3.05) is 18.6 Å². The molecule has 0 aliphatic carbocycles. The van der Waals surface area contributed by atoms with Gasteiger partial charge in [0.05, 0.1) is 23.4 Å². The highest BCUT2D eigenvalue weighted by Crippen LogP contribution is 2.39. The van der Waals surface area contributed by atoms with Gasteiger partial charge in [-0.3, -0.25) is 9.69 Å². The molecule has 0 saturated carbocycles. The fourth-order valence-corrected chi connectivity index (χ4v) is 5.17. The number of hydrogen-bond acceptors (Lipinski definition) is 6. The van der Waals surface area contributed by atoms with E-state index in [1.165, 1.54) is 18.9 Å². The van der Waals surface area contributed by atoms with Gasteiger partial charge in [-0.15, -0.1) is 0 Å². The van der Waals surface area contributed by atoms with Crippen LogP contribution in [0.25, 0.3) is 6.08 Å². The second-order valence-corrected chi connectivity index (χ2v) is 9.94. The summed E-state index contributed by atoms with van der Waals surface area (Å²) >= 11 is 1.30. The third kappa shape index (κ3) is 6.21. The van der Waals surface area contributed by atoms with Crippen molar-refractivity contribution in [3.05, 3.63) is 87.3 Å². The minimum Gasteiger partial charge on any atom is -0.493 e. The lowest BCUT2D eigenvalue weighted by molar-refractivity contribution is -0.139. The van der Waals surface area contributed by atoms with Gasteiger partial charge in [0.15, 0.2) is 23.3 Å². The molecule has 37 heavy (non-hydrogen) atoms. The predicted octanol–water partition coefficient (Wildman–Crippen LogP) is 6.20. The number of carbonyl (C=O) groups excluding carboxylic acids is 1. The third-order valence-corrected chi connectivity index (χ3v) is 6.51. The van der Waals surface area contributed by atoms with Crippen molar-refractivity contribution in [2.45, 2.75) is 27.7 Å². The molecule has 0 unspecified atom stereocenters. The number of aryl methyl sites for hydroxylation is 4. The molecular formula is C29H28N2O5S. The number of amidine groups is 1. The number of hydrogen-bond donors (Lipinski definition) is 1. The lowest BCUT2D eigenvalue weighted by Gasteiger charge is -2.17. The van der Waals surface area contributed by atoms with E-state index in [1.54, 1.807) is 29.2 Å². The normalized spacial score (nSPS) is 15.5. The maximum Gasteiger partial charge on any atom is 0.341 e. The number of benzene rings is 3. The highest BCUT2D eigenvalue weighted by atomic mass is 32.2. The van der Waals surface area contributed by atoms with Gasteiger partial charge in [-0.05, 0) is 110 Å². The Hall–Kier alpha value is -4.04. The smallest absolute Gasteiger partial charge is 0.341 e. The van der Waals surface area contributed by atoms with E-state index in [2.05, 4.69) is 12.1 Å². The van der Waals surface area contributed by atoms with Crippen LogP contribution in [0, 0.1) is 27.7 Å². The summed E-state index contributed by atoms with van der Waals surface area (Å²) in [6.07, 6.45) is 1.77. The SMILES string of the molecule is COc1cc(/C=C2\SC(=Nc3cc(C)cc(C)c3)N(c3cc(C)cc(C)c3)C2=O)ccc1OCC(=O)O. The molecule has 7 nitrogen and oxygen atoms in total. The summed E-state index contributed by atoms with van der Waals surface area (Å²) in [6.45, 7) is 7.57. The molecule has 190 valence electrons. The number of aliphatic imine (C=N–C) groups is 1. The van der Waals surface area contributed by atoms with E-state index in [0.29, 0.717) is 27.1 Å². The topological polar surface area (TPSA) is 88.4 Å². The van der Waals surface area contributed by atoms with Crippen molar-refractivity contribution in [1.29, 1.82) is 0 Å².